The third-order valence-electron chi connectivity index (χ3n) is 4.45. The zero-order valence-electron chi connectivity index (χ0n) is 15.7. The summed E-state index contributed by atoms with van der Waals surface area (Å²) in [6.45, 7) is 3.92. The van der Waals surface area contributed by atoms with Gasteiger partial charge in [-0.05, 0) is 57.1 Å². The average Bonchev–Trinajstić information content (AvgIpc) is 3.08. The van der Waals surface area contributed by atoms with Crippen LogP contribution in [-0.2, 0) is 31.9 Å². The Hall–Kier alpha value is -1.41. The number of nitrogens with one attached hydrogen (secondary N) is 1. The molecule has 2 atom stereocenters. The highest BCUT2D eigenvalue weighted by Crippen LogP contribution is 2.33. The summed E-state index contributed by atoms with van der Waals surface area (Å²) in [5.41, 5.74) is 1.22. The second-order valence-corrected chi connectivity index (χ2v) is 8.23. The third-order valence-corrected chi connectivity index (χ3v) is 6.57. The first-order valence-corrected chi connectivity index (χ1v) is 11.2. The van der Waals surface area contributed by atoms with Crippen molar-refractivity contribution in [2.45, 2.75) is 52.0 Å². The lowest BCUT2D eigenvalue weighted by molar-refractivity contribution is -0.146. The van der Waals surface area contributed by atoms with E-state index in [-0.39, 0.29) is 32.0 Å². The number of amides is 1. The van der Waals surface area contributed by atoms with Gasteiger partial charge in [0.2, 0.25) is 0 Å². The van der Waals surface area contributed by atoms with E-state index in [1.165, 1.54) is 21.8 Å². The smallest absolute Gasteiger partial charge is 0.328 e. The summed E-state index contributed by atoms with van der Waals surface area (Å²) in [5, 5.41) is 3.69. The summed E-state index contributed by atoms with van der Waals surface area (Å²) in [7, 11) is 0. The van der Waals surface area contributed by atoms with Crippen molar-refractivity contribution in [1.82, 2.24) is 5.32 Å². The van der Waals surface area contributed by atoms with Gasteiger partial charge in [-0.1, -0.05) is 15.9 Å². The van der Waals surface area contributed by atoms with Crippen molar-refractivity contribution in [2.75, 3.05) is 18.5 Å². The fraction of sp³-hybridized carbons (Fsp3) is 0.632. The number of aryl methyl sites for hydroxylation is 1. The van der Waals surface area contributed by atoms with E-state index in [0.717, 1.165) is 24.6 Å². The van der Waals surface area contributed by atoms with Gasteiger partial charge in [0.1, 0.15) is 6.04 Å². The van der Waals surface area contributed by atoms with Crippen LogP contribution >= 0.6 is 27.3 Å². The van der Waals surface area contributed by atoms with E-state index in [1.807, 2.05) is 6.07 Å². The maximum absolute atomic E-state index is 12.7. The predicted molar refractivity (Wildman–Crippen MR) is 107 cm³/mol. The summed E-state index contributed by atoms with van der Waals surface area (Å²) in [4.78, 5) is 38.3. The molecule has 0 spiro atoms. The van der Waals surface area contributed by atoms with Gasteiger partial charge < -0.3 is 14.8 Å². The van der Waals surface area contributed by atoms with Gasteiger partial charge in [0.15, 0.2) is 0 Å². The van der Waals surface area contributed by atoms with Crippen LogP contribution in [0.4, 0.5) is 0 Å². The molecule has 1 unspecified atom stereocenters. The third kappa shape index (κ3) is 6.31. The highest BCUT2D eigenvalue weighted by molar-refractivity contribution is 9.09. The van der Waals surface area contributed by atoms with Crippen molar-refractivity contribution >= 4 is 45.1 Å². The van der Waals surface area contributed by atoms with Gasteiger partial charge in [-0.25, -0.2) is 4.79 Å². The van der Waals surface area contributed by atoms with E-state index < -0.39 is 18.0 Å². The van der Waals surface area contributed by atoms with Gasteiger partial charge in [-0.3, -0.25) is 9.59 Å². The zero-order valence-corrected chi connectivity index (χ0v) is 18.1. The van der Waals surface area contributed by atoms with Crippen LogP contribution in [0.1, 0.15) is 53.2 Å². The van der Waals surface area contributed by atoms with Crippen LogP contribution < -0.4 is 5.32 Å². The van der Waals surface area contributed by atoms with Gasteiger partial charge in [0, 0.05) is 16.6 Å². The first-order valence-electron chi connectivity index (χ1n) is 9.29. The number of hydrogen-bond donors (Lipinski definition) is 1. The Labute approximate surface area is 172 Å². The molecule has 150 valence electrons. The molecule has 1 heterocycles. The second-order valence-electron chi connectivity index (χ2n) is 6.44. The molecule has 8 heteroatoms. The normalized spacial score (nSPS) is 16.9. The summed E-state index contributed by atoms with van der Waals surface area (Å²) in [6.07, 6.45) is 3.26. The van der Waals surface area contributed by atoms with Crippen LogP contribution in [-0.4, -0.2) is 42.4 Å². The fourth-order valence-electron chi connectivity index (χ4n) is 3.03. The number of carbonyl (C=O) groups excluding carboxylic acids is 3. The molecule has 1 N–H and O–H groups in total. The molecule has 0 bridgehead atoms. The number of ether oxygens (including phenoxy) is 2. The van der Waals surface area contributed by atoms with Crippen LogP contribution in [0.3, 0.4) is 0 Å². The van der Waals surface area contributed by atoms with E-state index in [1.54, 1.807) is 13.8 Å². The Balaban J connectivity index is 2.03. The Kier molecular flexibility index (Phi) is 8.76. The van der Waals surface area contributed by atoms with Crippen molar-refractivity contribution in [3.8, 4) is 0 Å². The van der Waals surface area contributed by atoms with Crippen LogP contribution in [0.15, 0.2) is 6.07 Å². The molecule has 6 nitrogen and oxygen atoms in total. The minimum atomic E-state index is -0.865. The standard InChI is InChI=1S/C19H26BrNO5S/c1-3-25-17(22)8-7-14(19(24)26-4-2)21-18(23)16-10-13-6-5-12(11-20)9-15(13)27-16/h10,12,14H,3-9,11H2,1-2H3,(H,21,23)/t12?,14-/m0/s1. The number of thiophene rings is 1. The minimum Gasteiger partial charge on any atom is -0.466 e. The fourth-order valence-corrected chi connectivity index (χ4v) is 4.82. The van der Waals surface area contributed by atoms with Gasteiger partial charge >= 0.3 is 11.9 Å². The number of rotatable bonds is 9. The Morgan fingerprint density at radius 1 is 1.30 bits per heavy atom. The summed E-state index contributed by atoms with van der Waals surface area (Å²) in [6, 6.07) is 1.06. The van der Waals surface area contributed by atoms with Crippen molar-refractivity contribution in [2.24, 2.45) is 5.92 Å². The number of esters is 2. The Bertz CT molecular complexity index is 675. The van der Waals surface area contributed by atoms with Gasteiger partial charge in [0.25, 0.3) is 5.91 Å². The Morgan fingerprint density at radius 2 is 2.04 bits per heavy atom. The number of carbonyl (C=O) groups is 3. The molecular formula is C19H26BrNO5S. The second kappa shape index (κ2) is 10.8. The zero-order chi connectivity index (χ0) is 19.8. The predicted octanol–water partition coefficient (Wildman–Crippen LogP) is 3.25. The lowest BCUT2D eigenvalue weighted by Crippen LogP contribution is -2.42. The molecule has 1 aromatic rings. The molecule has 1 aliphatic rings. The first-order chi connectivity index (χ1) is 13.0. The van der Waals surface area contributed by atoms with E-state index >= 15 is 0 Å². The van der Waals surface area contributed by atoms with Gasteiger partial charge in [-0.15, -0.1) is 11.3 Å². The molecule has 0 aliphatic heterocycles. The molecule has 27 heavy (non-hydrogen) atoms. The number of halogens is 1. The molecule has 0 fully saturated rings. The Morgan fingerprint density at radius 3 is 2.70 bits per heavy atom. The molecule has 1 amide bonds. The molecule has 1 aliphatic carbocycles. The van der Waals surface area contributed by atoms with Crippen LogP contribution in [0.25, 0.3) is 0 Å². The first kappa shape index (κ1) is 21.9. The number of alkyl halides is 1. The topological polar surface area (TPSA) is 81.7 Å². The lowest BCUT2D eigenvalue weighted by atomic mass is 9.90. The van der Waals surface area contributed by atoms with Crippen molar-refractivity contribution < 1.29 is 23.9 Å². The lowest BCUT2D eigenvalue weighted by Gasteiger charge is -2.19. The van der Waals surface area contributed by atoms with Crippen LogP contribution in [0, 0.1) is 5.92 Å². The van der Waals surface area contributed by atoms with Crippen LogP contribution in [0.5, 0.6) is 0 Å². The van der Waals surface area contributed by atoms with E-state index in [4.69, 9.17) is 9.47 Å². The molecule has 0 radical (unpaired) electrons. The van der Waals surface area contributed by atoms with E-state index in [0.29, 0.717) is 10.8 Å². The van der Waals surface area contributed by atoms with Gasteiger partial charge in [0.05, 0.1) is 18.1 Å². The van der Waals surface area contributed by atoms with E-state index in [2.05, 4.69) is 21.2 Å². The molecule has 0 saturated heterocycles. The molecular weight excluding hydrogens is 434 g/mol. The molecule has 0 aromatic carbocycles. The van der Waals surface area contributed by atoms with Crippen molar-refractivity contribution in [3.05, 3.63) is 21.4 Å². The molecule has 1 aromatic heterocycles. The summed E-state index contributed by atoms with van der Waals surface area (Å²) >= 11 is 5.02. The minimum absolute atomic E-state index is 0.0471. The highest BCUT2D eigenvalue weighted by atomic mass is 79.9. The van der Waals surface area contributed by atoms with E-state index in [9.17, 15) is 14.4 Å². The summed E-state index contributed by atoms with van der Waals surface area (Å²) < 4.78 is 9.93. The highest BCUT2D eigenvalue weighted by Gasteiger charge is 2.27. The van der Waals surface area contributed by atoms with Crippen molar-refractivity contribution in [3.63, 3.8) is 0 Å². The average molecular weight is 460 g/mol. The monoisotopic (exact) mass is 459 g/mol. The maximum Gasteiger partial charge on any atom is 0.328 e. The number of fused-ring (bicyclic) bond motifs is 1. The SMILES string of the molecule is CCOC(=O)CC[C@H](NC(=O)c1cc2c(s1)CC(CBr)CC2)C(=O)OCC. The van der Waals surface area contributed by atoms with Crippen molar-refractivity contribution in [1.29, 1.82) is 0 Å². The molecule has 2 rings (SSSR count). The van der Waals surface area contributed by atoms with Gasteiger partial charge in [-0.2, -0.15) is 0 Å². The largest absolute Gasteiger partial charge is 0.466 e. The maximum atomic E-state index is 12.7. The summed E-state index contributed by atoms with van der Waals surface area (Å²) in [5.74, 6) is -0.625. The number of hydrogen-bond acceptors (Lipinski definition) is 6. The quantitative estimate of drug-likeness (QED) is 0.452. The van der Waals surface area contributed by atoms with Crippen LogP contribution in [0.2, 0.25) is 0 Å². The molecule has 0 saturated carbocycles.